The maximum absolute atomic E-state index is 14.2. The summed E-state index contributed by atoms with van der Waals surface area (Å²) < 4.78 is 22.2. The molecule has 10 heteroatoms. The van der Waals surface area contributed by atoms with E-state index in [0.717, 1.165) is 22.8 Å². The summed E-state index contributed by atoms with van der Waals surface area (Å²) in [5.74, 6) is -2.31. The van der Waals surface area contributed by atoms with Gasteiger partial charge < -0.3 is 15.0 Å². The monoisotopic (exact) mass is 524 g/mol. The van der Waals surface area contributed by atoms with E-state index in [4.69, 9.17) is 16.3 Å². The maximum atomic E-state index is 14.2. The van der Waals surface area contributed by atoms with Gasteiger partial charge in [0.25, 0.3) is 5.91 Å². The minimum Gasteiger partial charge on any atom is -0.467 e. The van der Waals surface area contributed by atoms with Crippen LogP contribution in [0.5, 0.6) is 0 Å². The number of nitrogens with one attached hydrogen (secondary N) is 1. The Morgan fingerprint density at radius 1 is 1.08 bits per heavy atom. The van der Waals surface area contributed by atoms with Crippen molar-refractivity contribution in [3.63, 3.8) is 0 Å². The molecule has 0 spiro atoms. The number of ether oxygens (including phenoxy) is 1. The SMILES string of the molecule is COC(=O)[C@H](Cc1ccc(-n2c(=O)n(C)c3cc(N(C)C)ccc32)cc1)NC(=O)c1c(F)cccc1Cl. The molecule has 0 aliphatic heterocycles. The Morgan fingerprint density at radius 3 is 2.41 bits per heavy atom. The molecule has 192 valence electrons. The van der Waals surface area contributed by atoms with Crippen molar-refractivity contribution >= 4 is 40.2 Å². The number of methoxy groups -OCH3 is 1. The van der Waals surface area contributed by atoms with Gasteiger partial charge in [0.05, 0.1) is 34.4 Å². The Kier molecular flexibility index (Phi) is 7.35. The van der Waals surface area contributed by atoms with Gasteiger partial charge in [-0.3, -0.25) is 13.9 Å². The molecule has 0 aliphatic rings. The van der Waals surface area contributed by atoms with Crippen LogP contribution in [0.4, 0.5) is 10.1 Å². The van der Waals surface area contributed by atoms with E-state index in [1.165, 1.54) is 19.2 Å². The van der Waals surface area contributed by atoms with Crippen LogP contribution in [0.2, 0.25) is 5.02 Å². The number of hydrogen-bond acceptors (Lipinski definition) is 5. The largest absolute Gasteiger partial charge is 0.467 e. The van der Waals surface area contributed by atoms with Crippen molar-refractivity contribution in [3.8, 4) is 5.69 Å². The summed E-state index contributed by atoms with van der Waals surface area (Å²) in [6.45, 7) is 0. The average molecular weight is 525 g/mol. The highest BCUT2D eigenvalue weighted by Gasteiger charge is 2.25. The van der Waals surface area contributed by atoms with E-state index in [1.54, 1.807) is 40.4 Å². The third kappa shape index (κ3) is 5.08. The van der Waals surface area contributed by atoms with Crippen molar-refractivity contribution in [1.82, 2.24) is 14.5 Å². The number of benzene rings is 3. The predicted molar refractivity (Wildman–Crippen MR) is 141 cm³/mol. The first-order valence-electron chi connectivity index (χ1n) is 11.4. The fourth-order valence-electron chi connectivity index (χ4n) is 4.15. The number of imidazole rings is 1. The van der Waals surface area contributed by atoms with Crippen LogP contribution < -0.4 is 15.9 Å². The second kappa shape index (κ2) is 10.5. The van der Waals surface area contributed by atoms with Crippen LogP contribution in [0.15, 0.2) is 65.5 Å². The summed E-state index contributed by atoms with van der Waals surface area (Å²) in [5, 5.41) is 2.44. The van der Waals surface area contributed by atoms with Crippen molar-refractivity contribution < 1.29 is 18.7 Å². The summed E-state index contributed by atoms with van der Waals surface area (Å²) in [7, 11) is 6.80. The number of hydrogen-bond donors (Lipinski definition) is 1. The molecule has 0 bridgehead atoms. The first-order valence-corrected chi connectivity index (χ1v) is 11.8. The van der Waals surface area contributed by atoms with Crippen LogP contribution in [-0.4, -0.2) is 48.3 Å². The zero-order valence-electron chi connectivity index (χ0n) is 20.8. The van der Waals surface area contributed by atoms with Crippen molar-refractivity contribution in [3.05, 3.63) is 93.1 Å². The molecule has 4 rings (SSSR count). The summed E-state index contributed by atoms with van der Waals surface area (Å²) in [4.78, 5) is 40.1. The molecule has 1 aromatic heterocycles. The van der Waals surface area contributed by atoms with E-state index in [-0.39, 0.29) is 22.7 Å². The Hall–Kier alpha value is -4.11. The molecule has 1 heterocycles. The standard InChI is InChI=1S/C27H26ClFN4O4/c1-31(2)18-12-13-22-23(15-18)32(3)27(36)33(22)17-10-8-16(9-11-17)14-21(26(35)37-4)30-25(34)24-19(28)6-5-7-20(24)29/h5-13,15,21H,14H2,1-4H3,(H,30,34)/t21-/m0/s1. The molecule has 0 saturated heterocycles. The number of carbonyl (C=O) groups excluding carboxylic acids is 2. The van der Waals surface area contributed by atoms with E-state index in [0.29, 0.717) is 11.3 Å². The topological polar surface area (TPSA) is 85.6 Å². The van der Waals surface area contributed by atoms with Crippen molar-refractivity contribution in [2.24, 2.45) is 7.05 Å². The summed E-state index contributed by atoms with van der Waals surface area (Å²) in [6.07, 6.45) is 0.0847. The van der Waals surface area contributed by atoms with Gasteiger partial charge >= 0.3 is 11.7 Å². The lowest BCUT2D eigenvalue weighted by Gasteiger charge is -2.17. The normalized spacial score (nSPS) is 11.8. The Morgan fingerprint density at radius 2 is 1.78 bits per heavy atom. The van der Waals surface area contributed by atoms with E-state index in [9.17, 15) is 18.8 Å². The Labute approximate surface area is 217 Å². The van der Waals surface area contributed by atoms with Gasteiger partial charge in [0, 0.05) is 33.3 Å². The number of amides is 1. The highest BCUT2D eigenvalue weighted by molar-refractivity contribution is 6.33. The van der Waals surface area contributed by atoms with Crippen LogP contribution >= 0.6 is 11.6 Å². The average Bonchev–Trinajstić information content (AvgIpc) is 3.12. The van der Waals surface area contributed by atoms with Gasteiger partial charge in [-0.2, -0.15) is 0 Å². The third-order valence-electron chi connectivity index (χ3n) is 6.17. The fourth-order valence-corrected chi connectivity index (χ4v) is 4.40. The highest BCUT2D eigenvalue weighted by atomic mass is 35.5. The van der Waals surface area contributed by atoms with Crippen LogP contribution in [-0.2, 0) is 23.0 Å². The maximum Gasteiger partial charge on any atom is 0.333 e. The van der Waals surface area contributed by atoms with E-state index in [1.807, 2.05) is 37.2 Å². The van der Waals surface area contributed by atoms with Crippen molar-refractivity contribution in [2.75, 3.05) is 26.1 Å². The lowest BCUT2D eigenvalue weighted by Crippen LogP contribution is -2.43. The van der Waals surface area contributed by atoms with Crippen molar-refractivity contribution in [1.29, 1.82) is 0 Å². The second-order valence-electron chi connectivity index (χ2n) is 8.76. The molecule has 37 heavy (non-hydrogen) atoms. The molecule has 0 unspecified atom stereocenters. The molecule has 0 saturated carbocycles. The van der Waals surface area contributed by atoms with Crippen LogP contribution in [0.25, 0.3) is 16.7 Å². The number of carbonyl (C=O) groups is 2. The Bertz CT molecular complexity index is 1520. The van der Waals surface area contributed by atoms with Crippen LogP contribution in [0.1, 0.15) is 15.9 Å². The number of halogens is 2. The lowest BCUT2D eigenvalue weighted by molar-refractivity contribution is -0.142. The molecule has 1 N–H and O–H groups in total. The third-order valence-corrected chi connectivity index (χ3v) is 6.49. The zero-order valence-corrected chi connectivity index (χ0v) is 21.5. The Balaban J connectivity index is 1.61. The lowest BCUT2D eigenvalue weighted by atomic mass is 10.0. The van der Waals surface area contributed by atoms with E-state index < -0.39 is 23.7 Å². The molecule has 3 aromatic carbocycles. The molecule has 8 nitrogen and oxygen atoms in total. The van der Waals surface area contributed by atoms with Gasteiger partial charge in [-0.1, -0.05) is 29.8 Å². The number of rotatable bonds is 7. The smallest absolute Gasteiger partial charge is 0.333 e. The van der Waals surface area contributed by atoms with E-state index in [2.05, 4.69) is 5.32 Å². The van der Waals surface area contributed by atoms with E-state index >= 15 is 0 Å². The van der Waals surface area contributed by atoms with Crippen molar-refractivity contribution in [2.45, 2.75) is 12.5 Å². The molecule has 0 radical (unpaired) electrons. The minimum absolute atomic E-state index is 0.0660. The molecule has 1 atom stereocenters. The van der Waals surface area contributed by atoms with Gasteiger partial charge in [-0.25, -0.2) is 14.0 Å². The highest BCUT2D eigenvalue weighted by Crippen LogP contribution is 2.23. The fraction of sp³-hybridized carbons (Fsp3) is 0.222. The van der Waals surface area contributed by atoms with Gasteiger partial charge in [-0.15, -0.1) is 0 Å². The molecule has 4 aromatic rings. The molecular formula is C27H26ClFN4O4. The number of nitrogens with zero attached hydrogens (tertiary/aromatic N) is 3. The minimum atomic E-state index is -1.08. The van der Waals surface area contributed by atoms with Gasteiger partial charge in [0.2, 0.25) is 0 Å². The zero-order chi connectivity index (χ0) is 26.9. The molecular weight excluding hydrogens is 499 g/mol. The molecule has 0 fully saturated rings. The predicted octanol–water partition coefficient (Wildman–Crippen LogP) is 3.70. The van der Waals surface area contributed by atoms with Gasteiger partial charge in [0.1, 0.15) is 11.9 Å². The van der Waals surface area contributed by atoms with Crippen LogP contribution in [0, 0.1) is 5.82 Å². The summed E-state index contributed by atoms with van der Waals surface area (Å²) in [6, 6.07) is 15.6. The number of fused-ring (bicyclic) bond motifs is 1. The first kappa shape index (κ1) is 26.0. The quantitative estimate of drug-likeness (QED) is 0.373. The summed E-state index contributed by atoms with van der Waals surface area (Å²) >= 11 is 5.99. The number of esters is 1. The second-order valence-corrected chi connectivity index (χ2v) is 9.17. The molecule has 1 amide bonds. The van der Waals surface area contributed by atoms with Gasteiger partial charge in [-0.05, 0) is 48.0 Å². The first-order chi connectivity index (χ1) is 17.6. The van der Waals surface area contributed by atoms with Gasteiger partial charge in [0.15, 0.2) is 0 Å². The van der Waals surface area contributed by atoms with Crippen LogP contribution in [0.3, 0.4) is 0 Å². The summed E-state index contributed by atoms with van der Waals surface area (Å²) in [5.41, 5.74) is 3.33. The number of aryl methyl sites for hydroxylation is 1. The molecule has 0 aliphatic carbocycles. The number of anilines is 1. The number of aromatic nitrogens is 2.